The SMILES string of the molecule is C=C1CCN2CCC1C2. The molecule has 1 nitrogen and oxygen atoms in total. The molecule has 2 aliphatic rings. The molecular weight excluding hydrogens is 110 g/mol. The van der Waals surface area contributed by atoms with Gasteiger partial charge in [-0.05, 0) is 25.3 Å². The van der Waals surface area contributed by atoms with Gasteiger partial charge in [0.25, 0.3) is 0 Å². The second-order valence-corrected chi connectivity index (χ2v) is 3.19. The first-order valence-electron chi connectivity index (χ1n) is 3.76. The summed E-state index contributed by atoms with van der Waals surface area (Å²) in [7, 11) is 0. The van der Waals surface area contributed by atoms with E-state index in [2.05, 4.69) is 11.5 Å². The Kier molecular flexibility index (Phi) is 1.12. The van der Waals surface area contributed by atoms with E-state index in [4.69, 9.17) is 0 Å². The van der Waals surface area contributed by atoms with Gasteiger partial charge in [0.15, 0.2) is 0 Å². The van der Waals surface area contributed by atoms with Crippen LogP contribution in [0.3, 0.4) is 0 Å². The Morgan fingerprint density at radius 3 is 3.11 bits per heavy atom. The molecule has 0 N–H and O–H groups in total. The lowest BCUT2D eigenvalue weighted by Gasteiger charge is -2.23. The molecule has 2 fully saturated rings. The lowest BCUT2D eigenvalue weighted by Crippen LogP contribution is -2.27. The van der Waals surface area contributed by atoms with Crippen LogP contribution in [0.5, 0.6) is 0 Å². The van der Waals surface area contributed by atoms with Gasteiger partial charge in [0.1, 0.15) is 0 Å². The van der Waals surface area contributed by atoms with Crippen LogP contribution >= 0.6 is 0 Å². The van der Waals surface area contributed by atoms with E-state index in [0.29, 0.717) is 0 Å². The van der Waals surface area contributed by atoms with Crippen molar-refractivity contribution in [2.45, 2.75) is 12.8 Å². The average molecular weight is 123 g/mol. The van der Waals surface area contributed by atoms with Crippen molar-refractivity contribution < 1.29 is 0 Å². The highest BCUT2D eigenvalue weighted by Crippen LogP contribution is 2.29. The minimum Gasteiger partial charge on any atom is -0.302 e. The first kappa shape index (κ1) is 5.48. The Hall–Kier alpha value is -0.300. The number of rotatable bonds is 0. The summed E-state index contributed by atoms with van der Waals surface area (Å²) >= 11 is 0. The van der Waals surface area contributed by atoms with Gasteiger partial charge in [0.05, 0.1) is 0 Å². The Morgan fingerprint density at radius 2 is 2.33 bits per heavy atom. The average Bonchev–Trinajstić information content (AvgIpc) is 2.25. The third kappa shape index (κ3) is 0.799. The molecule has 2 atom stereocenters. The highest BCUT2D eigenvalue weighted by Gasteiger charge is 2.28. The standard InChI is InChI=1S/C8H13N/c1-7-2-4-9-5-3-8(7)6-9/h8H,1-6H2. The van der Waals surface area contributed by atoms with Gasteiger partial charge < -0.3 is 4.90 Å². The molecule has 0 saturated carbocycles. The van der Waals surface area contributed by atoms with Gasteiger partial charge >= 0.3 is 0 Å². The van der Waals surface area contributed by atoms with E-state index in [-0.39, 0.29) is 0 Å². The molecule has 0 amide bonds. The van der Waals surface area contributed by atoms with Crippen molar-refractivity contribution in [3.8, 4) is 0 Å². The maximum absolute atomic E-state index is 4.07. The molecule has 0 aromatic heterocycles. The van der Waals surface area contributed by atoms with E-state index in [1.807, 2.05) is 0 Å². The molecule has 0 aromatic carbocycles. The molecule has 9 heavy (non-hydrogen) atoms. The third-order valence-electron chi connectivity index (χ3n) is 2.60. The summed E-state index contributed by atoms with van der Waals surface area (Å²) in [4.78, 5) is 2.54. The van der Waals surface area contributed by atoms with Crippen molar-refractivity contribution in [2.75, 3.05) is 19.6 Å². The van der Waals surface area contributed by atoms with Gasteiger partial charge in [-0.2, -0.15) is 0 Å². The first-order chi connectivity index (χ1) is 4.36. The molecule has 0 spiro atoms. The van der Waals surface area contributed by atoms with Gasteiger partial charge in [-0.15, -0.1) is 0 Å². The molecule has 0 radical (unpaired) electrons. The molecule has 0 aromatic rings. The lowest BCUT2D eigenvalue weighted by atomic mass is 9.95. The van der Waals surface area contributed by atoms with E-state index in [9.17, 15) is 0 Å². The highest BCUT2D eigenvalue weighted by atomic mass is 15.2. The summed E-state index contributed by atoms with van der Waals surface area (Å²) in [6, 6.07) is 0. The van der Waals surface area contributed by atoms with Crippen LogP contribution in [0.4, 0.5) is 0 Å². The van der Waals surface area contributed by atoms with Crippen LogP contribution in [0.25, 0.3) is 0 Å². The van der Waals surface area contributed by atoms with Crippen LogP contribution < -0.4 is 0 Å². The van der Waals surface area contributed by atoms with E-state index in [0.717, 1.165) is 5.92 Å². The smallest absolute Gasteiger partial charge is 0.00475 e. The molecule has 1 heteroatoms. The molecule has 2 bridgehead atoms. The Bertz CT molecular complexity index is 140. The number of piperidine rings is 1. The zero-order valence-corrected chi connectivity index (χ0v) is 5.77. The van der Waals surface area contributed by atoms with E-state index in [1.54, 1.807) is 0 Å². The second kappa shape index (κ2) is 1.84. The monoisotopic (exact) mass is 123 g/mol. The van der Waals surface area contributed by atoms with Crippen LogP contribution in [0.2, 0.25) is 0 Å². The molecule has 2 aliphatic heterocycles. The van der Waals surface area contributed by atoms with Gasteiger partial charge in [0.2, 0.25) is 0 Å². The van der Waals surface area contributed by atoms with Crippen molar-refractivity contribution in [3.05, 3.63) is 12.2 Å². The largest absolute Gasteiger partial charge is 0.302 e. The van der Waals surface area contributed by atoms with Crippen molar-refractivity contribution in [1.82, 2.24) is 4.90 Å². The Morgan fingerprint density at radius 1 is 1.44 bits per heavy atom. The first-order valence-corrected chi connectivity index (χ1v) is 3.76. The second-order valence-electron chi connectivity index (χ2n) is 3.19. The van der Waals surface area contributed by atoms with E-state index >= 15 is 0 Å². The number of hydrogen-bond acceptors (Lipinski definition) is 1. The zero-order chi connectivity index (χ0) is 6.27. The molecule has 50 valence electrons. The predicted molar refractivity (Wildman–Crippen MR) is 38.3 cm³/mol. The zero-order valence-electron chi connectivity index (χ0n) is 5.77. The Labute approximate surface area is 56.4 Å². The summed E-state index contributed by atoms with van der Waals surface area (Å²) in [5.41, 5.74) is 1.50. The molecule has 2 unspecified atom stereocenters. The van der Waals surface area contributed by atoms with E-state index < -0.39 is 0 Å². The molecule has 0 aliphatic carbocycles. The molecule has 2 rings (SSSR count). The highest BCUT2D eigenvalue weighted by molar-refractivity contribution is 5.08. The summed E-state index contributed by atoms with van der Waals surface area (Å²) in [6.45, 7) is 7.97. The van der Waals surface area contributed by atoms with Crippen molar-refractivity contribution in [3.63, 3.8) is 0 Å². The predicted octanol–water partition coefficient (Wildman–Crippen LogP) is 1.27. The van der Waals surface area contributed by atoms with Gasteiger partial charge in [0, 0.05) is 13.1 Å². The fourth-order valence-electron chi connectivity index (χ4n) is 1.87. The van der Waals surface area contributed by atoms with E-state index in [1.165, 1.54) is 38.0 Å². The Balaban J connectivity index is 2.14. The minimum atomic E-state index is 0.860. The van der Waals surface area contributed by atoms with Crippen LogP contribution in [0.1, 0.15) is 12.8 Å². The fraction of sp³-hybridized carbons (Fsp3) is 0.750. The van der Waals surface area contributed by atoms with Gasteiger partial charge in [-0.1, -0.05) is 12.2 Å². The fourth-order valence-corrected chi connectivity index (χ4v) is 1.87. The minimum absolute atomic E-state index is 0.860. The summed E-state index contributed by atoms with van der Waals surface area (Å²) in [6.07, 6.45) is 2.63. The lowest BCUT2D eigenvalue weighted by molar-refractivity contribution is 0.308. The van der Waals surface area contributed by atoms with Gasteiger partial charge in [-0.25, -0.2) is 0 Å². The van der Waals surface area contributed by atoms with Crippen LogP contribution in [0.15, 0.2) is 12.2 Å². The summed E-state index contributed by atoms with van der Waals surface area (Å²) < 4.78 is 0. The number of fused-ring (bicyclic) bond motifs is 2. The quantitative estimate of drug-likeness (QED) is 0.438. The van der Waals surface area contributed by atoms with Crippen LogP contribution in [-0.2, 0) is 0 Å². The maximum atomic E-state index is 4.07. The normalized spacial score (nSPS) is 41.6. The summed E-state index contributed by atoms with van der Waals surface area (Å²) in [5.74, 6) is 0.860. The molecule has 2 saturated heterocycles. The van der Waals surface area contributed by atoms with Crippen molar-refractivity contribution >= 4 is 0 Å². The number of nitrogens with zero attached hydrogens (tertiary/aromatic N) is 1. The third-order valence-corrected chi connectivity index (χ3v) is 2.60. The van der Waals surface area contributed by atoms with Gasteiger partial charge in [-0.3, -0.25) is 0 Å². The van der Waals surface area contributed by atoms with Crippen molar-refractivity contribution in [1.29, 1.82) is 0 Å². The van der Waals surface area contributed by atoms with Crippen molar-refractivity contribution in [2.24, 2.45) is 5.92 Å². The molecular formula is C8H13N. The van der Waals surface area contributed by atoms with Crippen LogP contribution in [-0.4, -0.2) is 24.5 Å². The molecule has 2 heterocycles. The topological polar surface area (TPSA) is 3.24 Å². The van der Waals surface area contributed by atoms with Crippen LogP contribution in [0, 0.1) is 5.92 Å². The summed E-state index contributed by atoms with van der Waals surface area (Å²) in [5, 5.41) is 0. The maximum Gasteiger partial charge on any atom is 0.00475 e. The number of hydrogen-bond donors (Lipinski definition) is 0.